The molecule has 5 heteroatoms. The highest BCUT2D eigenvalue weighted by Crippen LogP contribution is 2.35. The molecule has 4 aromatic rings. The number of hydrogen-bond acceptors (Lipinski definition) is 5. The van der Waals surface area contributed by atoms with Gasteiger partial charge in [-0.1, -0.05) is 61.4 Å². The lowest BCUT2D eigenvalue weighted by Crippen LogP contribution is -2.32. The Bertz CT molecular complexity index is 1340. The summed E-state index contributed by atoms with van der Waals surface area (Å²) < 4.78 is 0. The lowest BCUT2D eigenvalue weighted by Gasteiger charge is -2.31. The topological polar surface area (TPSA) is 46.1 Å². The maximum atomic E-state index is 13.1. The maximum absolute atomic E-state index is 13.1. The summed E-state index contributed by atoms with van der Waals surface area (Å²) in [5, 5.41) is 2.15. The molecule has 184 valence electrons. The molecule has 0 saturated heterocycles. The first kappa shape index (κ1) is 23.5. The van der Waals surface area contributed by atoms with Gasteiger partial charge in [0.2, 0.25) is 0 Å². The van der Waals surface area contributed by atoms with E-state index in [0.29, 0.717) is 12.3 Å². The van der Waals surface area contributed by atoms with Crippen molar-refractivity contribution in [2.24, 2.45) is 11.8 Å². The second-order valence-corrected chi connectivity index (χ2v) is 11.5. The number of thiazole rings is 1. The number of carbonyl (C=O) groups excluding carboxylic acids is 1. The lowest BCUT2D eigenvalue weighted by molar-refractivity contribution is 0.0941. The molecule has 0 spiro atoms. The predicted molar refractivity (Wildman–Crippen MR) is 147 cm³/mol. The number of aromatic nitrogens is 2. The first-order valence-corrected chi connectivity index (χ1v) is 14.2. The van der Waals surface area contributed by atoms with Crippen molar-refractivity contribution in [2.45, 2.75) is 51.5 Å². The van der Waals surface area contributed by atoms with Crippen LogP contribution >= 0.6 is 11.3 Å². The summed E-state index contributed by atoms with van der Waals surface area (Å²) in [6, 6.07) is 20.4. The fraction of sp³-hybridized carbons (Fsp3) is 0.387. The van der Waals surface area contributed by atoms with Crippen LogP contribution in [0.15, 0.2) is 66.9 Å². The van der Waals surface area contributed by atoms with Gasteiger partial charge in [0, 0.05) is 47.1 Å². The van der Waals surface area contributed by atoms with E-state index >= 15 is 0 Å². The van der Waals surface area contributed by atoms with Gasteiger partial charge in [0.05, 0.1) is 11.2 Å². The molecular weight excluding hydrogens is 462 g/mol. The molecule has 1 aliphatic carbocycles. The molecule has 1 aliphatic heterocycles. The van der Waals surface area contributed by atoms with Crippen molar-refractivity contribution in [3.8, 4) is 10.6 Å². The Morgan fingerprint density at radius 1 is 0.944 bits per heavy atom. The van der Waals surface area contributed by atoms with Gasteiger partial charge in [-0.15, -0.1) is 11.3 Å². The summed E-state index contributed by atoms with van der Waals surface area (Å²) in [4.78, 5) is 26.6. The fourth-order valence-electron chi connectivity index (χ4n) is 5.96. The zero-order valence-electron chi connectivity index (χ0n) is 20.7. The van der Waals surface area contributed by atoms with E-state index in [1.54, 1.807) is 6.20 Å². The summed E-state index contributed by atoms with van der Waals surface area (Å²) in [5.41, 5.74) is 4.27. The van der Waals surface area contributed by atoms with E-state index in [4.69, 9.17) is 4.98 Å². The Balaban J connectivity index is 0.980. The van der Waals surface area contributed by atoms with Crippen LogP contribution in [0.5, 0.6) is 0 Å². The van der Waals surface area contributed by atoms with Crippen LogP contribution in [0.3, 0.4) is 0 Å². The summed E-state index contributed by atoms with van der Waals surface area (Å²) >= 11 is 1.87. The quantitative estimate of drug-likeness (QED) is 0.255. The molecule has 2 aromatic carbocycles. The maximum Gasteiger partial charge on any atom is 0.163 e. The molecular formula is C31H33N3OS. The molecule has 3 heterocycles. The normalized spacial score (nSPS) is 20.3. The Hall–Kier alpha value is -2.89. The van der Waals surface area contributed by atoms with Crippen molar-refractivity contribution < 1.29 is 4.79 Å². The molecule has 2 aliphatic rings. The molecule has 0 unspecified atom stereocenters. The average molecular weight is 496 g/mol. The van der Waals surface area contributed by atoms with Crippen LogP contribution in [0.4, 0.5) is 0 Å². The van der Waals surface area contributed by atoms with Crippen molar-refractivity contribution in [3.63, 3.8) is 0 Å². The number of hydrogen-bond donors (Lipinski definition) is 0. The van der Waals surface area contributed by atoms with Crippen LogP contribution in [0, 0.1) is 11.8 Å². The fourth-order valence-corrected chi connectivity index (χ4v) is 7.02. The lowest BCUT2D eigenvalue weighted by atomic mass is 9.78. The highest BCUT2D eigenvalue weighted by molar-refractivity contribution is 7.15. The van der Waals surface area contributed by atoms with Gasteiger partial charge >= 0.3 is 0 Å². The summed E-state index contributed by atoms with van der Waals surface area (Å²) in [5.74, 6) is 1.58. The molecule has 6 rings (SSSR count). The number of ketones is 1. The van der Waals surface area contributed by atoms with Gasteiger partial charge in [-0.3, -0.25) is 14.7 Å². The largest absolute Gasteiger partial charge is 0.297 e. The highest BCUT2D eigenvalue weighted by atomic mass is 32.1. The Kier molecular flexibility index (Phi) is 6.93. The summed E-state index contributed by atoms with van der Waals surface area (Å²) in [6.07, 6.45) is 9.71. The highest BCUT2D eigenvalue weighted by Gasteiger charge is 2.26. The van der Waals surface area contributed by atoms with Crippen LogP contribution in [0.25, 0.3) is 21.5 Å². The van der Waals surface area contributed by atoms with Crippen molar-refractivity contribution >= 4 is 28.0 Å². The summed E-state index contributed by atoms with van der Waals surface area (Å²) in [7, 11) is 0. The molecule has 0 atom stereocenters. The van der Waals surface area contributed by atoms with Crippen LogP contribution in [-0.4, -0.2) is 33.7 Å². The Labute approximate surface area is 217 Å². The van der Waals surface area contributed by atoms with Crippen LogP contribution in [-0.2, 0) is 13.0 Å². The zero-order chi connectivity index (χ0) is 24.3. The first-order chi connectivity index (χ1) is 17.7. The smallest absolute Gasteiger partial charge is 0.163 e. The molecule has 36 heavy (non-hydrogen) atoms. The molecule has 1 saturated carbocycles. The third-order valence-corrected chi connectivity index (χ3v) is 9.27. The third kappa shape index (κ3) is 5.14. The average Bonchev–Trinajstić information content (AvgIpc) is 3.36. The molecule has 4 nitrogen and oxygen atoms in total. The van der Waals surface area contributed by atoms with Gasteiger partial charge in [0.15, 0.2) is 5.78 Å². The van der Waals surface area contributed by atoms with E-state index < -0.39 is 0 Å². The molecule has 2 aromatic heterocycles. The van der Waals surface area contributed by atoms with Crippen molar-refractivity contribution in [1.29, 1.82) is 0 Å². The molecule has 0 bridgehead atoms. The van der Waals surface area contributed by atoms with E-state index in [1.807, 2.05) is 41.7 Å². The molecule has 1 fully saturated rings. The monoisotopic (exact) mass is 495 g/mol. The standard InChI is InChI=1S/C31H33N3OS/c35-29(26-8-4-10-27-25(26)9-5-17-32-27)20-23-13-11-22(12-14-23)15-18-34-19-16-30-28(21-34)33-31(36-30)24-6-2-1-3-7-24/h1-10,17,22-23H,11-16,18-21H2. The minimum Gasteiger partial charge on any atom is -0.297 e. The van der Waals surface area contributed by atoms with Crippen molar-refractivity contribution in [3.05, 3.63) is 83.0 Å². The number of nitrogens with zero attached hydrogens (tertiary/aromatic N) is 3. The first-order valence-electron chi connectivity index (χ1n) is 13.4. The summed E-state index contributed by atoms with van der Waals surface area (Å²) in [6.45, 7) is 3.30. The van der Waals surface area contributed by atoms with Gasteiger partial charge in [-0.2, -0.15) is 0 Å². The van der Waals surface area contributed by atoms with Crippen molar-refractivity contribution in [1.82, 2.24) is 14.9 Å². The SMILES string of the molecule is O=C(CC1CCC(CCN2CCc3sc(-c4ccccc4)nc3C2)CC1)c1cccc2ncccc12. The molecule has 0 amide bonds. The Morgan fingerprint density at radius 2 is 1.78 bits per heavy atom. The molecule has 0 N–H and O–H groups in total. The number of pyridine rings is 1. The number of benzene rings is 2. The van der Waals surface area contributed by atoms with Crippen LogP contribution in [0.2, 0.25) is 0 Å². The number of Topliss-reactive ketones (excluding diaryl/α,β-unsaturated/α-hetero) is 1. The van der Waals surface area contributed by atoms with E-state index in [-0.39, 0.29) is 5.78 Å². The van der Waals surface area contributed by atoms with E-state index in [9.17, 15) is 4.79 Å². The van der Waals surface area contributed by atoms with Gasteiger partial charge < -0.3 is 0 Å². The zero-order valence-corrected chi connectivity index (χ0v) is 21.6. The van der Waals surface area contributed by atoms with Crippen molar-refractivity contribution in [2.75, 3.05) is 13.1 Å². The number of carbonyl (C=O) groups is 1. The second kappa shape index (κ2) is 10.6. The van der Waals surface area contributed by atoms with Crippen LogP contribution < -0.4 is 0 Å². The minimum atomic E-state index is 0.277. The van der Waals surface area contributed by atoms with Gasteiger partial charge in [0.25, 0.3) is 0 Å². The van der Waals surface area contributed by atoms with Gasteiger partial charge in [-0.05, 0) is 56.2 Å². The minimum absolute atomic E-state index is 0.277. The number of fused-ring (bicyclic) bond motifs is 2. The van der Waals surface area contributed by atoms with Crippen LogP contribution in [0.1, 0.15) is 59.5 Å². The Morgan fingerprint density at radius 3 is 2.64 bits per heavy atom. The molecule has 0 radical (unpaired) electrons. The van der Waals surface area contributed by atoms with Gasteiger partial charge in [0.1, 0.15) is 5.01 Å². The van der Waals surface area contributed by atoms with Gasteiger partial charge in [-0.25, -0.2) is 4.98 Å². The van der Waals surface area contributed by atoms with E-state index in [2.05, 4.69) is 40.2 Å². The van der Waals surface area contributed by atoms with E-state index in [0.717, 1.165) is 53.4 Å². The second-order valence-electron chi connectivity index (χ2n) is 10.5. The van der Waals surface area contributed by atoms with E-state index in [1.165, 1.54) is 48.2 Å². The third-order valence-electron chi connectivity index (χ3n) is 8.07. The predicted octanol–water partition coefficient (Wildman–Crippen LogP) is 7.19. The number of rotatable bonds is 7.